The fraction of sp³-hybridized carbons (Fsp3) is 0.833. The van der Waals surface area contributed by atoms with Crippen LogP contribution in [-0.2, 0) is 4.18 Å². The van der Waals surface area contributed by atoms with Gasteiger partial charge in [-0.15, -0.1) is 5.92 Å². The average molecular weight is 225 g/mol. The Morgan fingerprint density at radius 3 is 3.27 bits per heavy atom. The molecule has 2 rings (SSSR count). The van der Waals surface area contributed by atoms with Gasteiger partial charge in [-0.2, -0.15) is 0 Å². The van der Waals surface area contributed by atoms with Crippen molar-refractivity contribution in [1.29, 1.82) is 0 Å². The lowest BCUT2D eigenvalue weighted by atomic mass is 9.97. The van der Waals surface area contributed by atoms with Gasteiger partial charge in [0, 0.05) is 12.3 Å². The first-order valence-corrected chi connectivity index (χ1v) is 6.72. The van der Waals surface area contributed by atoms with Crippen LogP contribution in [0.15, 0.2) is 0 Å². The largest absolute Gasteiger partial charge is 0.297 e. The SMILES string of the molecule is CCCCC#C[C@H]1NSO[C@@H]2CCC[C@@H]12. The van der Waals surface area contributed by atoms with Crippen LogP contribution in [-0.4, -0.2) is 12.1 Å². The highest BCUT2D eigenvalue weighted by Crippen LogP contribution is 2.36. The Morgan fingerprint density at radius 2 is 2.40 bits per heavy atom. The van der Waals surface area contributed by atoms with E-state index in [1.54, 1.807) is 0 Å². The number of unbranched alkanes of at least 4 members (excludes halogenated alkanes) is 2. The first-order valence-electron chi connectivity index (χ1n) is 5.98. The molecule has 84 valence electrons. The summed E-state index contributed by atoms with van der Waals surface area (Å²) in [4.78, 5) is 0. The normalized spacial score (nSPS) is 34.3. The van der Waals surface area contributed by atoms with Gasteiger partial charge < -0.3 is 0 Å². The summed E-state index contributed by atoms with van der Waals surface area (Å²) < 4.78 is 8.89. The van der Waals surface area contributed by atoms with Gasteiger partial charge in [0.2, 0.25) is 0 Å². The van der Waals surface area contributed by atoms with Crippen molar-refractivity contribution in [2.24, 2.45) is 5.92 Å². The van der Waals surface area contributed by atoms with Crippen molar-refractivity contribution in [3.8, 4) is 11.8 Å². The first kappa shape index (κ1) is 11.3. The van der Waals surface area contributed by atoms with Crippen LogP contribution in [0, 0.1) is 17.8 Å². The van der Waals surface area contributed by atoms with E-state index < -0.39 is 0 Å². The molecule has 0 radical (unpaired) electrons. The number of fused-ring (bicyclic) bond motifs is 1. The molecule has 0 aromatic carbocycles. The lowest BCUT2D eigenvalue weighted by molar-refractivity contribution is 0.158. The standard InChI is InChI=1S/C12H19NOS/c1-2-3-4-5-8-11-10-7-6-9-12(10)14-15-13-11/h10-13H,2-4,6-7,9H2,1H3/t10-,11+,12+/m0/s1. The van der Waals surface area contributed by atoms with Crippen molar-refractivity contribution in [3.05, 3.63) is 0 Å². The molecular weight excluding hydrogens is 206 g/mol. The molecule has 2 nitrogen and oxygen atoms in total. The minimum atomic E-state index is 0.355. The summed E-state index contributed by atoms with van der Waals surface area (Å²) in [7, 11) is 0. The molecule has 1 N–H and O–H groups in total. The zero-order valence-corrected chi connectivity index (χ0v) is 10.1. The van der Waals surface area contributed by atoms with E-state index in [1.165, 1.54) is 44.3 Å². The third kappa shape index (κ3) is 2.90. The van der Waals surface area contributed by atoms with Crippen molar-refractivity contribution >= 4 is 12.2 Å². The molecule has 1 aliphatic carbocycles. The molecule has 0 aromatic heterocycles. The predicted octanol–water partition coefficient (Wildman–Crippen LogP) is 2.90. The fourth-order valence-corrected chi connectivity index (χ4v) is 3.02. The topological polar surface area (TPSA) is 21.3 Å². The van der Waals surface area contributed by atoms with Crippen LogP contribution in [0.4, 0.5) is 0 Å². The number of hydrogen-bond donors (Lipinski definition) is 1. The van der Waals surface area contributed by atoms with Crippen LogP contribution in [0.25, 0.3) is 0 Å². The Kier molecular flexibility index (Phi) is 4.37. The van der Waals surface area contributed by atoms with E-state index in [9.17, 15) is 0 Å². The summed E-state index contributed by atoms with van der Waals surface area (Å²) in [6, 6.07) is 0.355. The molecule has 0 bridgehead atoms. The lowest BCUT2D eigenvalue weighted by Crippen LogP contribution is -2.40. The van der Waals surface area contributed by atoms with Crippen molar-refractivity contribution in [3.63, 3.8) is 0 Å². The molecule has 1 aliphatic heterocycles. The van der Waals surface area contributed by atoms with Crippen molar-refractivity contribution < 1.29 is 4.18 Å². The quantitative estimate of drug-likeness (QED) is 0.338. The minimum Gasteiger partial charge on any atom is -0.297 e. The summed E-state index contributed by atoms with van der Waals surface area (Å²) in [6.07, 6.45) is 7.72. The van der Waals surface area contributed by atoms with Crippen LogP contribution >= 0.6 is 12.2 Å². The third-order valence-electron chi connectivity index (χ3n) is 3.19. The van der Waals surface area contributed by atoms with Crippen molar-refractivity contribution in [1.82, 2.24) is 4.72 Å². The van der Waals surface area contributed by atoms with Gasteiger partial charge in [0.1, 0.15) is 0 Å². The Morgan fingerprint density at radius 1 is 1.47 bits per heavy atom. The summed E-state index contributed by atoms with van der Waals surface area (Å²) >= 11 is 1.39. The maximum absolute atomic E-state index is 5.60. The van der Waals surface area contributed by atoms with E-state index in [1.807, 2.05) is 0 Å². The smallest absolute Gasteiger partial charge is 0.0856 e. The van der Waals surface area contributed by atoms with Crippen molar-refractivity contribution in [2.75, 3.05) is 0 Å². The first-order chi connectivity index (χ1) is 7.42. The highest BCUT2D eigenvalue weighted by Gasteiger charge is 2.37. The fourth-order valence-electron chi connectivity index (χ4n) is 2.27. The van der Waals surface area contributed by atoms with E-state index >= 15 is 0 Å². The molecule has 0 unspecified atom stereocenters. The number of hydrogen-bond acceptors (Lipinski definition) is 3. The molecular formula is C12H19NOS. The molecule has 1 heterocycles. The Bertz CT molecular complexity index is 258. The number of rotatable bonds is 2. The van der Waals surface area contributed by atoms with E-state index in [2.05, 4.69) is 23.5 Å². The van der Waals surface area contributed by atoms with Gasteiger partial charge in [0.25, 0.3) is 0 Å². The predicted molar refractivity (Wildman–Crippen MR) is 64.0 cm³/mol. The second-order valence-corrected chi connectivity index (χ2v) is 4.93. The van der Waals surface area contributed by atoms with Crippen LogP contribution < -0.4 is 4.72 Å². The molecule has 1 saturated carbocycles. The van der Waals surface area contributed by atoms with E-state index in [4.69, 9.17) is 4.18 Å². The Hall–Kier alpha value is -0.170. The molecule has 15 heavy (non-hydrogen) atoms. The summed E-state index contributed by atoms with van der Waals surface area (Å²) in [5.74, 6) is 7.28. The maximum Gasteiger partial charge on any atom is 0.0856 e. The Labute approximate surface area is 96.9 Å². The second kappa shape index (κ2) is 5.79. The molecule has 2 fully saturated rings. The zero-order chi connectivity index (χ0) is 10.5. The van der Waals surface area contributed by atoms with E-state index in [-0.39, 0.29) is 0 Å². The summed E-state index contributed by atoms with van der Waals surface area (Å²) in [5.41, 5.74) is 0. The van der Waals surface area contributed by atoms with Gasteiger partial charge in [-0.05, 0) is 19.3 Å². The van der Waals surface area contributed by atoms with Gasteiger partial charge in [-0.25, -0.2) is 4.72 Å². The average Bonchev–Trinajstić information content (AvgIpc) is 2.73. The van der Waals surface area contributed by atoms with Crippen molar-refractivity contribution in [2.45, 2.75) is 57.6 Å². The monoisotopic (exact) mass is 225 g/mol. The van der Waals surface area contributed by atoms with Gasteiger partial charge >= 0.3 is 0 Å². The van der Waals surface area contributed by atoms with Gasteiger partial charge in [-0.1, -0.05) is 25.7 Å². The number of nitrogens with one attached hydrogen (secondary N) is 1. The zero-order valence-electron chi connectivity index (χ0n) is 9.29. The summed E-state index contributed by atoms with van der Waals surface area (Å²) in [6.45, 7) is 2.21. The third-order valence-corrected chi connectivity index (χ3v) is 3.89. The van der Waals surface area contributed by atoms with Crippen LogP contribution in [0.2, 0.25) is 0 Å². The van der Waals surface area contributed by atoms with Gasteiger partial charge in [-0.3, -0.25) is 4.18 Å². The highest BCUT2D eigenvalue weighted by atomic mass is 32.2. The van der Waals surface area contributed by atoms with Gasteiger partial charge in [0.05, 0.1) is 24.4 Å². The maximum atomic E-state index is 5.60. The van der Waals surface area contributed by atoms with Crippen LogP contribution in [0.5, 0.6) is 0 Å². The molecule has 0 aromatic rings. The highest BCUT2D eigenvalue weighted by molar-refractivity contribution is 7.92. The van der Waals surface area contributed by atoms with Crippen LogP contribution in [0.1, 0.15) is 45.4 Å². The lowest BCUT2D eigenvalue weighted by Gasteiger charge is -2.30. The minimum absolute atomic E-state index is 0.355. The molecule has 0 spiro atoms. The summed E-state index contributed by atoms with van der Waals surface area (Å²) in [5, 5.41) is 0. The molecule has 2 aliphatic rings. The second-order valence-electron chi connectivity index (χ2n) is 4.33. The Balaban J connectivity index is 1.86. The van der Waals surface area contributed by atoms with E-state index in [0.29, 0.717) is 18.1 Å². The molecule has 3 atom stereocenters. The van der Waals surface area contributed by atoms with Gasteiger partial charge in [0.15, 0.2) is 0 Å². The molecule has 1 saturated heterocycles. The molecule has 0 amide bonds. The van der Waals surface area contributed by atoms with Crippen LogP contribution in [0.3, 0.4) is 0 Å². The van der Waals surface area contributed by atoms with E-state index in [0.717, 1.165) is 6.42 Å². The molecule has 3 heteroatoms.